The van der Waals surface area contributed by atoms with Crippen molar-refractivity contribution in [2.45, 2.75) is 63.5 Å². The van der Waals surface area contributed by atoms with Gasteiger partial charge in [0.1, 0.15) is 13.2 Å². The van der Waals surface area contributed by atoms with E-state index in [1.54, 1.807) is 38.3 Å². The summed E-state index contributed by atoms with van der Waals surface area (Å²) in [6.45, 7) is 5.68. The molecule has 8 nitrogen and oxygen atoms in total. The van der Waals surface area contributed by atoms with E-state index in [0.29, 0.717) is 12.8 Å². The first kappa shape index (κ1) is 27.0. The second-order valence-corrected chi connectivity index (χ2v) is 10.3. The Balaban J connectivity index is 2.17. The van der Waals surface area contributed by atoms with Gasteiger partial charge in [-0.2, -0.15) is 0 Å². The van der Waals surface area contributed by atoms with Gasteiger partial charge in [-0.15, -0.1) is 0 Å². The number of esters is 2. The highest BCUT2D eigenvalue weighted by Crippen LogP contribution is 2.18. The molecule has 0 fully saturated rings. The molecule has 1 aliphatic heterocycles. The third-order valence-electron chi connectivity index (χ3n) is 5.81. The van der Waals surface area contributed by atoms with E-state index in [9.17, 15) is 18.0 Å². The first-order valence-electron chi connectivity index (χ1n) is 11.2. The fourth-order valence-electron chi connectivity index (χ4n) is 3.50. The van der Waals surface area contributed by atoms with Gasteiger partial charge in [0.05, 0.1) is 23.5 Å². The second kappa shape index (κ2) is 12.9. The zero-order chi connectivity index (χ0) is 24.4. The Labute approximate surface area is 196 Å². The number of benzene rings is 1. The Morgan fingerprint density at radius 2 is 1.70 bits per heavy atom. The van der Waals surface area contributed by atoms with Gasteiger partial charge in [0, 0.05) is 13.5 Å². The minimum Gasteiger partial charge on any atom is -0.464 e. The van der Waals surface area contributed by atoms with Crippen LogP contribution in [0.15, 0.2) is 41.3 Å². The minimum absolute atomic E-state index is 0.0480. The molecule has 4 atom stereocenters. The summed E-state index contributed by atoms with van der Waals surface area (Å²) in [6.07, 6.45) is 4.66. The van der Waals surface area contributed by atoms with Crippen molar-refractivity contribution < 1.29 is 32.2 Å². The Kier molecular flexibility index (Phi) is 10.5. The Morgan fingerprint density at radius 3 is 2.36 bits per heavy atom. The van der Waals surface area contributed by atoms with Crippen LogP contribution in [0.2, 0.25) is 0 Å². The van der Waals surface area contributed by atoms with Crippen LogP contribution in [0, 0.1) is 18.8 Å². The molecule has 1 heterocycles. The van der Waals surface area contributed by atoms with E-state index in [2.05, 4.69) is 4.72 Å². The van der Waals surface area contributed by atoms with Crippen molar-refractivity contribution in [1.29, 1.82) is 0 Å². The molecule has 2 rings (SSSR count). The number of hydrogen-bond donors (Lipinski definition) is 1. The number of aryl methyl sites for hydroxylation is 1. The fraction of sp³-hybridized carbons (Fsp3) is 0.583. The van der Waals surface area contributed by atoms with Crippen LogP contribution in [0.5, 0.6) is 0 Å². The molecule has 0 aliphatic carbocycles. The fourth-order valence-corrected chi connectivity index (χ4v) is 4.81. The first-order chi connectivity index (χ1) is 15.6. The molecule has 33 heavy (non-hydrogen) atoms. The molecular formula is C24H35NO7S. The normalized spacial score (nSPS) is 26.4. The lowest BCUT2D eigenvalue weighted by Gasteiger charge is -2.24. The van der Waals surface area contributed by atoms with E-state index in [-0.39, 0.29) is 60.8 Å². The summed E-state index contributed by atoms with van der Waals surface area (Å²) >= 11 is 0. The minimum atomic E-state index is -3.82. The molecule has 0 saturated heterocycles. The van der Waals surface area contributed by atoms with E-state index in [4.69, 9.17) is 14.2 Å². The van der Waals surface area contributed by atoms with E-state index in [1.807, 2.05) is 13.8 Å². The molecule has 0 saturated carbocycles. The summed E-state index contributed by atoms with van der Waals surface area (Å²) in [5, 5.41) is 0. The molecule has 0 bridgehead atoms. The standard InChI is InChI=1S/C24H35NO7S/c1-17-11-13-20(14-12-17)33(28,29)25-21-15-31-23(26)10-6-8-19(3)22(30-4)16-32-24(27)9-5-7-18(21)2/h5,7,11-14,18-19,21-22,25H,6,8-10,15-16H2,1-4H3/t18-,19+,21-,22+/m1/s1. The zero-order valence-electron chi connectivity index (χ0n) is 19.8. The van der Waals surface area contributed by atoms with Crippen molar-refractivity contribution in [1.82, 2.24) is 4.72 Å². The average Bonchev–Trinajstić information content (AvgIpc) is 2.76. The van der Waals surface area contributed by atoms with Crippen molar-refractivity contribution in [2.24, 2.45) is 11.8 Å². The van der Waals surface area contributed by atoms with Gasteiger partial charge in [-0.1, -0.05) is 43.7 Å². The monoisotopic (exact) mass is 481 g/mol. The zero-order valence-corrected chi connectivity index (χ0v) is 20.6. The molecule has 0 spiro atoms. The Hall–Kier alpha value is -2.23. The molecule has 1 N–H and O–H groups in total. The number of ether oxygens (including phenoxy) is 3. The average molecular weight is 482 g/mol. The van der Waals surface area contributed by atoms with Gasteiger partial charge in [-0.3, -0.25) is 9.59 Å². The number of sulfonamides is 1. The van der Waals surface area contributed by atoms with Gasteiger partial charge >= 0.3 is 11.9 Å². The van der Waals surface area contributed by atoms with Gasteiger partial charge in [0.2, 0.25) is 10.0 Å². The number of hydrogen-bond acceptors (Lipinski definition) is 7. The van der Waals surface area contributed by atoms with Crippen molar-refractivity contribution in [3.63, 3.8) is 0 Å². The van der Waals surface area contributed by atoms with Crippen LogP contribution in [0.4, 0.5) is 0 Å². The lowest BCUT2D eigenvalue weighted by atomic mass is 9.98. The third kappa shape index (κ3) is 8.91. The number of nitrogens with one attached hydrogen (secondary N) is 1. The molecule has 0 unspecified atom stereocenters. The topological polar surface area (TPSA) is 108 Å². The third-order valence-corrected chi connectivity index (χ3v) is 7.31. The van der Waals surface area contributed by atoms with Gasteiger partial charge in [0.25, 0.3) is 0 Å². The van der Waals surface area contributed by atoms with Crippen molar-refractivity contribution in [3.05, 3.63) is 42.0 Å². The van der Waals surface area contributed by atoms with E-state index >= 15 is 0 Å². The quantitative estimate of drug-likeness (QED) is 0.520. The molecule has 1 aromatic carbocycles. The molecular weight excluding hydrogens is 446 g/mol. The van der Waals surface area contributed by atoms with Crippen LogP contribution in [0.25, 0.3) is 0 Å². The van der Waals surface area contributed by atoms with Crippen LogP contribution >= 0.6 is 0 Å². The lowest BCUT2D eigenvalue weighted by Crippen LogP contribution is -2.42. The maximum absolute atomic E-state index is 12.9. The predicted molar refractivity (Wildman–Crippen MR) is 124 cm³/mol. The number of methoxy groups -OCH3 is 1. The Bertz CT molecular complexity index is 911. The number of rotatable bonds is 4. The number of cyclic esters (lactones) is 2. The highest BCUT2D eigenvalue weighted by molar-refractivity contribution is 7.89. The maximum atomic E-state index is 12.9. The van der Waals surface area contributed by atoms with Gasteiger partial charge in [-0.05, 0) is 43.7 Å². The molecule has 184 valence electrons. The predicted octanol–water partition coefficient (Wildman–Crippen LogP) is 3.15. The van der Waals surface area contributed by atoms with E-state index < -0.39 is 16.1 Å². The summed E-state index contributed by atoms with van der Waals surface area (Å²) in [4.78, 5) is 24.5. The number of carbonyl (C=O) groups excluding carboxylic acids is 2. The van der Waals surface area contributed by atoms with Gasteiger partial charge in [0.15, 0.2) is 0 Å². The highest BCUT2D eigenvalue weighted by Gasteiger charge is 2.25. The highest BCUT2D eigenvalue weighted by atomic mass is 32.2. The summed E-state index contributed by atoms with van der Waals surface area (Å²) in [6, 6.07) is 5.81. The van der Waals surface area contributed by atoms with Crippen LogP contribution < -0.4 is 4.72 Å². The van der Waals surface area contributed by atoms with Crippen LogP contribution in [0.3, 0.4) is 0 Å². The lowest BCUT2D eigenvalue weighted by molar-refractivity contribution is -0.147. The summed E-state index contributed by atoms with van der Waals surface area (Å²) in [7, 11) is -2.25. The van der Waals surface area contributed by atoms with Gasteiger partial charge in [-0.25, -0.2) is 13.1 Å². The van der Waals surface area contributed by atoms with Gasteiger partial charge < -0.3 is 14.2 Å². The van der Waals surface area contributed by atoms with E-state index in [0.717, 1.165) is 5.56 Å². The molecule has 0 aromatic heterocycles. The SMILES string of the molecule is CO[C@H]1COC(=O)CC=C[C@@H](C)[C@H](NS(=O)(=O)c2ccc(C)cc2)COC(=O)CCC[C@@H]1C. The molecule has 0 amide bonds. The Morgan fingerprint density at radius 1 is 1.03 bits per heavy atom. The molecule has 1 aromatic rings. The smallest absolute Gasteiger partial charge is 0.309 e. The van der Waals surface area contributed by atoms with Crippen molar-refractivity contribution >= 4 is 22.0 Å². The summed E-state index contributed by atoms with van der Waals surface area (Å²) in [5.74, 6) is -1.02. The molecule has 1 aliphatic rings. The van der Waals surface area contributed by atoms with Crippen molar-refractivity contribution in [2.75, 3.05) is 20.3 Å². The molecule has 9 heteroatoms. The van der Waals surface area contributed by atoms with Crippen LogP contribution in [0.1, 0.15) is 45.1 Å². The van der Waals surface area contributed by atoms with E-state index in [1.165, 1.54) is 12.1 Å². The summed E-state index contributed by atoms with van der Waals surface area (Å²) in [5.41, 5.74) is 0.946. The number of carbonyl (C=O) groups is 2. The maximum Gasteiger partial charge on any atom is 0.309 e. The molecule has 0 radical (unpaired) electrons. The largest absolute Gasteiger partial charge is 0.464 e. The van der Waals surface area contributed by atoms with Crippen molar-refractivity contribution in [3.8, 4) is 0 Å². The van der Waals surface area contributed by atoms with Crippen LogP contribution in [-0.4, -0.2) is 52.8 Å². The summed E-state index contributed by atoms with van der Waals surface area (Å²) < 4.78 is 44.6. The second-order valence-electron chi connectivity index (χ2n) is 8.54. The van der Waals surface area contributed by atoms with Crippen LogP contribution in [-0.2, 0) is 33.8 Å². The first-order valence-corrected chi connectivity index (χ1v) is 12.7.